The van der Waals surface area contributed by atoms with E-state index in [1.54, 1.807) is 12.2 Å². The molecule has 22 heavy (non-hydrogen) atoms. The minimum atomic E-state index is 0.249. The highest BCUT2D eigenvalue weighted by molar-refractivity contribution is 5.94. The molecule has 1 heterocycles. The Morgan fingerprint density at radius 1 is 1.14 bits per heavy atom. The highest BCUT2D eigenvalue weighted by atomic mass is 16.2. The monoisotopic (exact) mass is 307 g/mol. The summed E-state index contributed by atoms with van der Waals surface area (Å²) in [6.07, 6.45) is 7.42. The smallest absolute Gasteiger partial charge is 0.238 e. The number of rotatable bonds is 5. The molecule has 0 radical (unpaired) electrons. The Hall–Kier alpha value is -1.79. The van der Waals surface area contributed by atoms with E-state index in [2.05, 4.69) is 4.90 Å². The highest BCUT2D eigenvalue weighted by Gasteiger charge is 2.24. The Labute approximate surface area is 132 Å². The summed E-state index contributed by atoms with van der Waals surface area (Å²) < 4.78 is 0. The van der Waals surface area contributed by atoms with Crippen LogP contribution in [0.5, 0.6) is 0 Å². The SMILES string of the molecule is CN(C)CCN1C(=O)CCN1C.O=CC1=CCCC=C1C=O. The normalized spacial score (nSPS) is 18.5. The van der Waals surface area contributed by atoms with Crippen molar-refractivity contribution >= 4 is 18.5 Å². The molecule has 0 aromatic rings. The number of hydrazine groups is 1. The molecule has 1 aliphatic carbocycles. The number of nitrogens with zero attached hydrogens (tertiary/aromatic N) is 3. The molecule has 0 spiro atoms. The number of hydrogen-bond donors (Lipinski definition) is 0. The van der Waals surface area contributed by atoms with Gasteiger partial charge in [0.15, 0.2) is 0 Å². The van der Waals surface area contributed by atoms with Crippen LogP contribution >= 0.6 is 0 Å². The molecule has 0 aromatic heterocycles. The van der Waals surface area contributed by atoms with E-state index in [1.807, 2.05) is 31.2 Å². The van der Waals surface area contributed by atoms with Crippen molar-refractivity contribution in [1.82, 2.24) is 14.9 Å². The van der Waals surface area contributed by atoms with E-state index < -0.39 is 0 Å². The van der Waals surface area contributed by atoms with Gasteiger partial charge in [-0.3, -0.25) is 19.4 Å². The first kappa shape index (κ1) is 18.3. The summed E-state index contributed by atoms with van der Waals surface area (Å²) in [4.78, 5) is 33.9. The molecule has 1 fully saturated rings. The van der Waals surface area contributed by atoms with Gasteiger partial charge in [0.05, 0.1) is 6.54 Å². The zero-order chi connectivity index (χ0) is 16.5. The molecule has 0 saturated carbocycles. The van der Waals surface area contributed by atoms with Gasteiger partial charge in [0.25, 0.3) is 0 Å². The molecule has 0 N–H and O–H groups in total. The predicted molar refractivity (Wildman–Crippen MR) is 85.0 cm³/mol. The maximum Gasteiger partial charge on any atom is 0.238 e. The Kier molecular flexibility index (Phi) is 7.70. The van der Waals surface area contributed by atoms with Gasteiger partial charge in [0.1, 0.15) is 12.6 Å². The zero-order valence-corrected chi connectivity index (χ0v) is 13.6. The van der Waals surface area contributed by atoms with Gasteiger partial charge in [-0.05, 0) is 26.9 Å². The average Bonchev–Trinajstić information content (AvgIpc) is 2.84. The molecular formula is C16H25N3O3. The van der Waals surface area contributed by atoms with Crippen molar-refractivity contribution in [3.8, 4) is 0 Å². The van der Waals surface area contributed by atoms with Crippen molar-refractivity contribution < 1.29 is 14.4 Å². The number of likely N-dealkylation sites (N-methyl/N-ethyl adjacent to an activating group) is 1. The Bertz CT molecular complexity index is 445. The lowest BCUT2D eigenvalue weighted by molar-refractivity contribution is -0.136. The Balaban J connectivity index is 0.000000224. The van der Waals surface area contributed by atoms with Crippen molar-refractivity contribution in [2.75, 3.05) is 40.8 Å². The Morgan fingerprint density at radius 3 is 2.05 bits per heavy atom. The van der Waals surface area contributed by atoms with Gasteiger partial charge in [0.2, 0.25) is 5.91 Å². The molecular weight excluding hydrogens is 282 g/mol. The van der Waals surface area contributed by atoms with Gasteiger partial charge in [-0.15, -0.1) is 0 Å². The largest absolute Gasteiger partial charge is 0.308 e. The first-order valence-electron chi connectivity index (χ1n) is 7.46. The molecule has 1 saturated heterocycles. The second kappa shape index (κ2) is 9.27. The predicted octanol–water partition coefficient (Wildman–Crippen LogP) is 0.658. The summed E-state index contributed by atoms with van der Waals surface area (Å²) in [7, 11) is 5.99. The number of carbonyl (C=O) groups excluding carboxylic acids is 3. The van der Waals surface area contributed by atoms with Crippen molar-refractivity contribution in [3.63, 3.8) is 0 Å². The van der Waals surface area contributed by atoms with Crippen LogP contribution in [0, 0.1) is 0 Å². The standard InChI is InChI=1S/C8H17N3O.C8H8O2/c1-9(2)6-7-11-8(12)4-5-10(11)3;9-5-7-3-1-2-4-8(7)6-10/h4-7H2,1-3H3;3-6H,1-2H2. The summed E-state index contributed by atoms with van der Waals surface area (Å²) in [5.41, 5.74) is 1.06. The summed E-state index contributed by atoms with van der Waals surface area (Å²) in [5, 5.41) is 3.81. The van der Waals surface area contributed by atoms with Crippen LogP contribution in [0.15, 0.2) is 23.3 Å². The van der Waals surface area contributed by atoms with Crippen LogP contribution in [0.25, 0.3) is 0 Å². The number of allylic oxidation sites excluding steroid dienone is 4. The quantitative estimate of drug-likeness (QED) is 0.698. The lowest BCUT2D eigenvalue weighted by Gasteiger charge is -2.25. The zero-order valence-electron chi connectivity index (χ0n) is 13.6. The van der Waals surface area contributed by atoms with Gasteiger partial charge in [-0.1, -0.05) is 12.2 Å². The van der Waals surface area contributed by atoms with E-state index in [-0.39, 0.29) is 5.91 Å². The Morgan fingerprint density at radius 2 is 1.68 bits per heavy atom. The van der Waals surface area contributed by atoms with E-state index in [0.717, 1.165) is 45.0 Å². The van der Waals surface area contributed by atoms with Crippen molar-refractivity contribution in [3.05, 3.63) is 23.3 Å². The second-order valence-corrected chi connectivity index (χ2v) is 5.58. The lowest BCUT2D eigenvalue weighted by Crippen LogP contribution is -2.40. The number of hydrogen-bond acceptors (Lipinski definition) is 5. The maximum absolute atomic E-state index is 11.3. The van der Waals surface area contributed by atoms with Crippen LogP contribution in [0.3, 0.4) is 0 Å². The van der Waals surface area contributed by atoms with Gasteiger partial charge in [-0.25, -0.2) is 5.01 Å². The number of carbonyl (C=O) groups is 3. The summed E-state index contributed by atoms with van der Waals surface area (Å²) >= 11 is 0. The number of aldehydes is 2. The molecule has 1 amide bonds. The molecule has 1 aliphatic heterocycles. The molecule has 0 unspecified atom stereocenters. The molecule has 6 nitrogen and oxygen atoms in total. The van der Waals surface area contributed by atoms with E-state index in [4.69, 9.17) is 0 Å². The van der Waals surface area contributed by atoms with E-state index in [1.165, 1.54) is 0 Å². The second-order valence-electron chi connectivity index (χ2n) is 5.58. The van der Waals surface area contributed by atoms with Gasteiger partial charge < -0.3 is 4.90 Å². The van der Waals surface area contributed by atoms with Gasteiger partial charge >= 0.3 is 0 Å². The fourth-order valence-corrected chi connectivity index (χ4v) is 2.23. The molecule has 0 aromatic carbocycles. The van der Waals surface area contributed by atoms with E-state index in [0.29, 0.717) is 17.6 Å². The first-order valence-corrected chi connectivity index (χ1v) is 7.46. The third-order valence-electron chi connectivity index (χ3n) is 3.59. The third-order valence-corrected chi connectivity index (χ3v) is 3.59. The van der Waals surface area contributed by atoms with Gasteiger partial charge in [-0.2, -0.15) is 0 Å². The lowest BCUT2D eigenvalue weighted by atomic mass is 10.0. The molecule has 6 heteroatoms. The summed E-state index contributed by atoms with van der Waals surface area (Å²) in [6.45, 7) is 2.60. The molecule has 122 valence electrons. The minimum absolute atomic E-state index is 0.249. The molecule has 0 atom stereocenters. The topological polar surface area (TPSA) is 60.9 Å². The van der Waals surface area contributed by atoms with Crippen LogP contribution in [0.1, 0.15) is 19.3 Å². The van der Waals surface area contributed by atoms with E-state index in [9.17, 15) is 14.4 Å². The van der Waals surface area contributed by atoms with Crippen LogP contribution in [0.4, 0.5) is 0 Å². The third kappa shape index (κ3) is 5.54. The van der Waals surface area contributed by atoms with Crippen molar-refractivity contribution in [2.24, 2.45) is 0 Å². The van der Waals surface area contributed by atoms with Crippen LogP contribution in [-0.4, -0.2) is 74.2 Å². The van der Waals surface area contributed by atoms with Crippen LogP contribution in [-0.2, 0) is 14.4 Å². The van der Waals surface area contributed by atoms with E-state index >= 15 is 0 Å². The summed E-state index contributed by atoms with van der Waals surface area (Å²) in [5.74, 6) is 0.249. The fourth-order valence-electron chi connectivity index (χ4n) is 2.23. The highest BCUT2D eigenvalue weighted by Crippen LogP contribution is 2.14. The fraction of sp³-hybridized carbons (Fsp3) is 0.562. The summed E-state index contributed by atoms with van der Waals surface area (Å²) in [6, 6.07) is 0. The first-order chi connectivity index (χ1) is 10.5. The van der Waals surface area contributed by atoms with Crippen LogP contribution in [0.2, 0.25) is 0 Å². The molecule has 2 rings (SSSR count). The molecule has 0 bridgehead atoms. The van der Waals surface area contributed by atoms with Crippen molar-refractivity contribution in [2.45, 2.75) is 19.3 Å². The maximum atomic E-state index is 11.3. The van der Waals surface area contributed by atoms with Crippen LogP contribution < -0.4 is 0 Å². The van der Waals surface area contributed by atoms with Gasteiger partial charge in [0, 0.05) is 37.7 Å². The minimum Gasteiger partial charge on any atom is -0.308 e. The number of amides is 1. The average molecular weight is 307 g/mol. The van der Waals surface area contributed by atoms with Crippen molar-refractivity contribution in [1.29, 1.82) is 0 Å². The molecule has 2 aliphatic rings.